The zero-order chi connectivity index (χ0) is 37.7. The molecular weight excluding hydrogens is 697 g/mol. The SMILES string of the molecule is CCN(CC)[C@@H](C(=O)N1CCC[C@H]1c1ncc(-c2ccc(-c3cccc(C(=O)Nc4ccc(CN5CCS(=O)(=O)CC5)cc4)c3)cc2)[nH]1)c1ccccc1. The molecule has 54 heavy (non-hydrogen) atoms. The molecule has 0 spiro atoms. The lowest BCUT2D eigenvalue weighted by atomic mass is 10.0. The normalized spacial score (nSPS) is 17.8. The first-order valence-electron chi connectivity index (χ1n) is 18.9. The van der Waals surface area contributed by atoms with E-state index in [0.717, 1.165) is 65.3 Å². The summed E-state index contributed by atoms with van der Waals surface area (Å²) in [6.07, 6.45) is 3.64. The molecule has 2 amide bonds. The summed E-state index contributed by atoms with van der Waals surface area (Å²) in [6.45, 7) is 8.24. The third-order valence-electron chi connectivity index (χ3n) is 10.7. The van der Waals surface area contributed by atoms with Gasteiger partial charge in [-0.15, -0.1) is 0 Å². The number of hydrogen-bond donors (Lipinski definition) is 2. The van der Waals surface area contributed by atoms with Crippen molar-refractivity contribution in [3.05, 3.63) is 132 Å². The van der Waals surface area contributed by atoms with Gasteiger partial charge >= 0.3 is 0 Å². The molecule has 4 aromatic carbocycles. The predicted octanol–water partition coefficient (Wildman–Crippen LogP) is 6.97. The molecule has 2 fully saturated rings. The molecule has 5 aromatic rings. The van der Waals surface area contributed by atoms with E-state index in [-0.39, 0.29) is 35.4 Å². The van der Waals surface area contributed by atoms with E-state index in [1.165, 1.54) is 0 Å². The van der Waals surface area contributed by atoms with Crippen LogP contribution in [-0.4, -0.2) is 89.1 Å². The lowest BCUT2D eigenvalue weighted by molar-refractivity contribution is -0.138. The Bertz CT molecular complexity index is 2150. The van der Waals surface area contributed by atoms with Gasteiger partial charge in [0, 0.05) is 37.4 Å². The third-order valence-corrected chi connectivity index (χ3v) is 12.3. The molecule has 0 unspecified atom stereocenters. The maximum Gasteiger partial charge on any atom is 0.255 e. The fraction of sp³-hybridized carbons (Fsp3) is 0.326. The van der Waals surface area contributed by atoms with Crippen molar-refractivity contribution < 1.29 is 18.0 Å². The lowest BCUT2D eigenvalue weighted by Crippen LogP contribution is -2.43. The highest BCUT2D eigenvalue weighted by Gasteiger charge is 2.38. The molecule has 2 saturated heterocycles. The van der Waals surface area contributed by atoms with Crippen molar-refractivity contribution in [2.75, 3.05) is 49.5 Å². The molecule has 2 atom stereocenters. The Labute approximate surface area is 318 Å². The quantitative estimate of drug-likeness (QED) is 0.142. The van der Waals surface area contributed by atoms with Crippen LogP contribution in [0.3, 0.4) is 0 Å². The summed E-state index contributed by atoms with van der Waals surface area (Å²) in [5, 5.41) is 3.00. The average molecular weight is 745 g/mol. The van der Waals surface area contributed by atoms with Gasteiger partial charge in [-0.2, -0.15) is 0 Å². The summed E-state index contributed by atoms with van der Waals surface area (Å²) >= 11 is 0. The zero-order valence-corrected chi connectivity index (χ0v) is 31.8. The fourth-order valence-electron chi connectivity index (χ4n) is 7.60. The number of imidazole rings is 1. The Morgan fingerprint density at radius 1 is 0.852 bits per heavy atom. The Balaban J connectivity index is 0.993. The van der Waals surface area contributed by atoms with Crippen molar-refractivity contribution in [2.24, 2.45) is 0 Å². The monoisotopic (exact) mass is 744 g/mol. The van der Waals surface area contributed by atoms with Crippen molar-refractivity contribution >= 4 is 27.3 Å². The van der Waals surface area contributed by atoms with Crippen LogP contribution in [-0.2, 0) is 21.2 Å². The van der Waals surface area contributed by atoms with Crippen LogP contribution in [0.25, 0.3) is 22.4 Å². The minimum Gasteiger partial charge on any atom is -0.340 e. The van der Waals surface area contributed by atoms with E-state index < -0.39 is 9.84 Å². The second-order valence-electron chi connectivity index (χ2n) is 14.1. The maximum atomic E-state index is 14.2. The number of nitrogens with zero attached hydrogens (tertiary/aromatic N) is 4. The first-order chi connectivity index (χ1) is 26.2. The number of aromatic amines is 1. The molecule has 11 heteroatoms. The first kappa shape index (κ1) is 37.2. The second kappa shape index (κ2) is 16.5. The van der Waals surface area contributed by atoms with Gasteiger partial charge in [-0.3, -0.25) is 19.4 Å². The molecule has 2 aliphatic rings. The van der Waals surface area contributed by atoms with Crippen LogP contribution >= 0.6 is 0 Å². The molecule has 0 bridgehead atoms. The summed E-state index contributed by atoms with van der Waals surface area (Å²) in [7, 11) is -2.91. The number of likely N-dealkylation sites (N-methyl/N-ethyl adjacent to an activating group) is 1. The average Bonchev–Trinajstić information content (AvgIpc) is 3.90. The molecule has 1 aromatic heterocycles. The number of amides is 2. The Kier molecular flexibility index (Phi) is 11.4. The van der Waals surface area contributed by atoms with Gasteiger partial charge in [0.2, 0.25) is 5.91 Å². The number of carbonyl (C=O) groups is 2. The van der Waals surface area contributed by atoms with Gasteiger partial charge in [0.1, 0.15) is 11.9 Å². The first-order valence-corrected chi connectivity index (χ1v) is 20.7. The van der Waals surface area contributed by atoms with Crippen LogP contribution in [0, 0.1) is 0 Å². The highest BCUT2D eigenvalue weighted by Crippen LogP contribution is 2.36. The summed E-state index contributed by atoms with van der Waals surface area (Å²) in [5.41, 5.74) is 7.13. The van der Waals surface area contributed by atoms with Gasteiger partial charge < -0.3 is 15.2 Å². The zero-order valence-electron chi connectivity index (χ0n) is 30.9. The summed E-state index contributed by atoms with van der Waals surface area (Å²) in [6, 6.07) is 33.1. The number of nitrogens with one attached hydrogen (secondary N) is 2. The van der Waals surface area contributed by atoms with E-state index in [1.807, 2.05) is 108 Å². The van der Waals surface area contributed by atoms with Crippen LogP contribution in [0.15, 0.2) is 109 Å². The molecule has 2 aliphatic heterocycles. The minimum atomic E-state index is -2.91. The van der Waals surface area contributed by atoms with E-state index in [0.29, 0.717) is 37.4 Å². The number of H-pyrrole nitrogens is 1. The lowest BCUT2D eigenvalue weighted by Gasteiger charge is -2.34. The molecule has 0 aliphatic carbocycles. The number of carbonyl (C=O) groups excluding carboxylic acids is 2. The number of rotatable bonds is 12. The standard InChI is InChI=1S/C43H48N6O4S/c1-3-48(4-2)40(34-10-6-5-7-11-34)43(51)49-23-9-14-39(49)41-44-29-38(46-41)33-19-17-32(18-20-33)35-12-8-13-36(28-35)42(50)45-37-21-15-31(16-22-37)30-47-24-26-54(52,53)27-25-47/h5-8,10-13,15-22,28-29,39-40H,3-4,9,14,23-27,30H2,1-2H3,(H,44,46)(H,45,50)/t39-,40+/m0/s1. The minimum absolute atomic E-state index is 0.109. The van der Waals surface area contributed by atoms with Crippen molar-refractivity contribution in [1.29, 1.82) is 0 Å². The smallest absolute Gasteiger partial charge is 0.255 e. The number of aromatic nitrogens is 2. The van der Waals surface area contributed by atoms with Gasteiger partial charge in [-0.1, -0.05) is 92.7 Å². The van der Waals surface area contributed by atoms with E-state index in [2.05, 4.69) is 33.9 Å². The van der Waals surface area contributed by atoms with E-state index in [9.17, 15) is 18.0 Å². The molecular formula is C43H48N6O4S. The van der Waals surface area contributed by atoms with Gasteiger partial charge in [-0.05, 0) is 78.0 Å². The topological polar surface area (TPSA) is 119 Å². The van der Waals surface area contributed by atoms with Crippen LogP contribution in [0.1, 0.15) is 66.1 Å². The number of benzene rings is 4. The Morgan fingerprint density at radius 3 is 2.26 bits per heavy atom. The third kappa shape index (κ3) is 8.49. The van der Waals surface area contributed by atoms with Crippen LogP contribution in [0.4, 0.5) is 5.69 Å². The largest absolute Gasteiger partial charge is 0.340 e. The molecule has 2 N–H and O–H groups in total. The number of hydrogen-bond acceptors (Lipinski definition) is 7. The second-order valence-corrected chi connectivity index (χ2v) is 16.4. The van der Waals surface area contributed by atoms with Gasteiger partial charge in [0.25, 0.3) is 5.91 Å². The van der Waals surface area contributed by atoms with E-state index >= 15 is 0 Å². The maximum absolute atomic E-state index is 14.2. The molecule has 0 saturated carbocycles. The molecule has 280 valence electrons. The highest BCUT2D eigenvalue weighted by molar-refractivity contribution is 7.91. The predicted molar refractivity (Wildman–Crippen MR) is 214 cm³/mol. The van der Waals surface area contributed by atoms with Gasteiger partial charge in [-0.25, -0.2) is 13.4 Å². The van der Waals surface area contributed by atoms with Crippen LogP contribution in [0.2, 0.25) is 0 Å². The molecule has 10 nitrogen and oxygen atoms in total. The summed E-state index contributed by atoms with van der Waals surface area (Å²) < 4.78 is 23.5. The number of sulfone groups is 1. The highest BCUT2D eigenvalue weighted by atomic mass is 32.2. The van der Waals surface area contributed by atoms with Gasteiger partial charge in [0.05, 0.1) is 29.4 Å². The molecule has 7 rings (SSSR count). The number of likely N-dealkylation sites (tertiary alicyclic amines) is 1. The van der Waals surface area contributed by atoms with Crippen molar-refractivity contribution in [1.82, 2.24) is 24.7 Å². The summed E-state index contributed by atoms with van der Waals surface area (Å²) in [5.74, 6) is 1.13. The fourth-order valence-corrected chi connectivity index (χ4v) is 8.88. The van der Waals surface area contributed by atoms with Gasteiger partial charge in [0.15, 0.2) is 9.84 Å². The Hall–Kier alpha value is -5.10. The van der Waals surface area contributed by atoms with Crippen molar-refractivity contribution in [3.63, 3.8) is 0 Å². The van der Waals surface area contributed by atoms with E-state index in [1.54, 1.807) is 6.07 Å². The number of anilines is 1. The van der Waals surface area contributed by atoms with Crippen molar-refractivity contribution in [2.45, 2.75) is 45.3 Å². The van der Waals surface area contributed by atoms with E-state index in [4.69, 9.17) is 4.98 Å². The molecule has 3 heterocycles. The van der Waals surface area contributed by atoms with Crippen molar-refractivity contribution in [3.8, 4) is 22.4 Å². The van der Waals surface area contributed by atoms with Crippen LogP contribution < -0.4 is 5.32 Å². The summed E-state index contributed by atoms with van der Waals surface area (Å²) in [4.78, 5) is 42.1. The molecule has 0 radical (unpaired) electrons. The van der Waals surface area contributed by atoms with Crippen LogP contribution in [0.5, 0.6) is 0 Å². The Morgan fingerprint density at radius 2 is 1.56 bits per heavy atom.